The van der Waals surface area contributed by atoms with Gasteiger partial charge in [0.2, 0.25) is 5.91 Å². The standard InChI is InChI=1S/C22H29FN4O3S.HI/c1-3-25-22(26-13-12-16-6-10-20(11-7-16)31(2,29)30)27-15-18(21(24)28)14-17-4-8-19(23)9-5-17;/h4-11,18H,3,12-15H2,1-2H3,(H2,24,28)(H2,25,26,27);1H. The number of carbonyl (C=O) groups excluding carboxylic acids is 1. The van der Waals surface area contributed by atoms with Crippen LogP contribution in [0.15, 0.2) is 58.4 Å². The molecule has 4 N–H and O–H groups in total. The number of nitrogens with two attached hydrogens (primary N) is 1. The molecule has 0 aliphatic carbocycles. The fraction of sp³-hybridized carbons (Fsp3) is 0.364. The molecule has 0 bridgehead atoms. The van der Waals surface area contributed by atoms with Gasteiger partial charge in [-0.25, -0.2) is 12.8 Å². The SMILES string of the molecule is CCNC(=NCC(Cc1ccc(F)cc1)C(N)=O)NCCc1ccc(S(C)(=O)=O)cc1.I. The quantitative estimate of drug-likeness (QED) is 0.228. The minimum absolute atomic E-state index is 0. The van der Waals surface area contributed by atoms with Gasteiger partial charge in [0, 0.05) is 19.3 Å². The van der Waals surface area contributed by atoms with E-state index in [0.29, 0.717) is 31.9 Å². The van der Waals surface area contributed by atoms with Crippen molar-refractivity contribution in [3.63, 3.8) is 0 Å². The van der Waals surface area contributed by atoms with E-state index in [1.165, 1.54) is 18.4 Å². The van der Waals surface area contributed by atoms with E-state index in [1.807, 2.05) is 6.92 Å². The minimum Gasteiger partial charge on any atom is -0.369 e. The zero-order valence-electron chi connectivity index (χ0n) is 18.2. The fourth-order valence-corrected chi connectivity index (χ4v) is 3.56. The number of benzene rings is 2. The number of nitrogens with zero attached hydrogens (tertiary/aromatic N) is 1. The van der Waals surface area contributed by atoms with Crippen LogP contribution in [0.5, 0.6) is 0 Å². The van der Waals surface area contributed by atoms with E-state index in [-0.39, 0.29) is 41.2 Å². The molecule has 0 radical (unpaired) electrons. The van der Waals surface area contributed by atoms with Gasteiger partial charge in [-0.15, -0.1) is 24.0 Å². The van der Waals surface area contributed by atoms with Crippen LogP contribution in [0, 0.1) is 11.7 Å². The van der Waals surface area contributed by atoms with Gasteiger partial charge >= 0.3 is 0 Å². The molecule has 2 rings (SSSR count). The Kier molecular flexibility index (Phi) is 11.6. The van der Waals surface area contributed by atoms with Crippen molar-refractivity contribution in [1.82, 2.24) is 10.6 Å². The maximum Gasteiger partial charge on any atom is 0.222 e. The second-order valence-electron chi connectivity index (χ2n) is 7.24. The Morgan fingerprint density at radius 2 is 1.66 bits per heavy atom. The Bertz CT molecular complexity index is 997. The third-order valence-electron chi connectivity index (χ3n) is 4.67. The van der Waals surface area contributed by atoms with Gasteiger partial charge in [0.05, 0.1) is 17.4 Å². The zero-order valence-corrected chi connectivity index (χ0v) is 21.3. The van der Waals surface area contributed by atoms with Gasteiger partial charge < -0.3 is 16.4 Å². The van der Waals surface area contributed by atoms with Crippen molar-refractivity contribution < 1.29 is 17.6 Å². The highest BCUT2D eigenvalue weighted by molar-refractivity contribution is 14.0. The summed E-state index contributed by atoms with van der Waals surface area (Å²) in [7, 11) is -3.21. The summed E-state index contributed by atoms with van der Waals surface area (Å²) < 4.78 is 36.2. The Morgan fingerprint density at radius 1 is 1.06 bits per heavy atom. The number of primary amides is 1. The van der Waals surface area contributed by atoms with Crippen molar-refractivity contribution >= 4 is 45.7 Å². The number of halogens is 2. The number of rotatable bonds is 10. The van der Waals surface area contributed by atoms with Gasteiger partial charge in [0.15, 0.2) is 15.8 Å². The molecular formula is C22H30FIN4O3S. The number of nitrogens with one attached hydrogen (secondary N) is 2. The lowest BCUT2D eigenvalue weighted by molar-refractivity contribution is -0.121. The first-order chi connectivity index (χ1) is 14.7. The van der Waals surface area contributed by atoms with Crippen LogP contribution in [0.1, 0.15) is 18.1 Å². The number of hydrogen-bond donors (Lipinski definition) is 3. The molecule has 0 heterocycles. The van der Waals surface area contributed by atoms with Crippen molar-refractivity contribution in [2.75, 3.05) is 25.9 Å². The van der Waals surface area contributed by atoms with Crippen LogP contribution in [-0.4, -0.2) is 46.2 Å². The highest BCUT2D eigenvalue weighted by atomic mass is 127. The third kappa shape index (κ3) is 9.51. The van der Waals surface area contributed by atoms with Crippen LogP contribution in [0.25, 0.3) is 0 Å². The molecule has 2 aromatic rings. The van der Waals surface area contributed by atoms with Gasteiger partial charge in [-0.05, 0) is 55.2 Å². The third-order valence-corrected chi connectivity index (χ3v) is 5.80. The van der Waals surface area contributed by atoms with Crippen molar-refractivity contribution in [1.29, 1.82) is 0 Å². The van der Waals surface area contributed by atoms with Crippen LogP contribution in [-0.2, 0) is 27.5 Å². The second-order valence-corrected chi connectivity index (χ2v) is 9.26. The lowest BCUT2D eigenvalue weighted by Crippen LogP contribution is -2.39. The normalized spacial score (nSPS) is 12.5. The average molecular weight is 576 g/mol. The first-order valence-corrected chi connectivity index (χ1v) is 11.9. The summed E-state index contributed by atoms with van der Waals surface area (Å²) in [5, 5.41) is 6.32. The lowest BCUT2D eigenvalue weighted by Gasteiger charge is -2.15. The molecule has 0 fully saturated rings. The highest BCUT2D eigenvalue weighted by Crippen LogP contribution is 2.11. The lowest BCUT2D eigenvalue weighted by atomic mass is 9.99. The van der Waals surface area contributed by atoms with Crippen molar-refractivity contribution in [3.8, 4) is 0 Å². The van der Waals surface area contributed by atoms with Crippen LogP contribution < -0.4 is 16.4 Å². The Hall–Kier alpha value is -2.21. The van der Waals surface area contributed by atoms with Crippen molar-refractivity contribution in [2.45, 2.75) is 24.7 Å². The number of carbonyl (C=O) groups is 1. The number of sulfone groups is 1. The molecule has 0 saturated heterocycles. The summed E-state index contributed by atoms with van der Waals surface area (Å²) in [6.45, 7) is 3.35. The molecule has 1 atom stereocenters. The molecule has 7 nitrogen and oxygen atoms in total. The summed E-state index contributed by atoms with van der Waals surface area (Å²) in [5.41, 5.74) is 7.33. The topological polar surface area (TPSA) is 114 Å². The van der Waals surface area contributed by atoms with Crippen LogP contribution in [0.4, 0.5) is 4.39 Å². The number of hydrogen-bond acceptors (Lipinski definition) is 4. The van der Waals surface area contributed by atoms with Crippen molar-refractivity contribution in [2.24, 2.45) is 16.6 Å². The predicted octanol–water partition coefficient (Wildman–Crippen LogP) is 2.29. The van der Waals surface area contributed by atoms with Gasteiger partial charge in [-0.1, -0.05) is 24.3 Å². The molecule has 0 saturated carbocycles. The molecule has 32 heavy (non-hydrogen) atoms. The number of aliphatic imine (C=N–C) groups is 1. The monoisotopic (exact) mass is 576 g/mol. The van der Waals surface area contributed by atoms with E-state index >= 15 is 0 Å². The predicted molar refractivity (Wildman–Crippen MR) is 135 cm³/mol. The average Bonchev–Trinajstić information content (AvgIpc) is 2.72. The molecule has 2 aromatic carbocycles. The van der Waals surface area contributed by atoms with E-state index in [1.54, 1.807) is 36.4 Å². The van der Waals surface area contributed by atoms with Crippen LogP contribution in [0.2, 0.25) is 0 Å². The number of guanidine groups is 1. The van der Waals surface area contributed by atoms with Crippen LogP contribution >= 0.6 is 24.0 Å². The summed E-state index contributed by atoms with van der Waals surface area (Å²) in [6.07, 6.45) is 2.23. The molecule has 0 aliphatic heterocycles. The van der Waals surface area contributed by atoms with Gasteiger partial charge in [-0.2, -0.15) is 0 Å². The van der Waals surface area contributed by atoms with Crippen LogP contribution in [0.3, 0.4) is 0 Å². The Morgan fingerprint density at radius 3 is 2.19 bits per heavy atom. The fourth-order valence-electron chi connectivity index (χ4n) is 2.93. The number of amides is 1. The molecule has 1 unspecified atom stereocenters. The maximum atomic E-state index is 13.1. The first-order valence-electron chi connectivity index (χ1n) is 10.0. The summed E-state index contributed by atoms with van der Waals surface area (Å²) in [6, 6.07) is 12.7. The Balaban J connectivity index is 0.00000512. The summed E-state index contributed by atoms with van der Waals surface area (Å²) in [5.74, 6) is -0.748. The molecule has 1 amide bonds. The molecule has 0 aromatic heterocycles. The maximum absolute atomic E-state index is 13.1. The smallest absolute Gasteiger partial charge is 0.222 e. The minimum atomic E-state index is -3.21. The molecular weight excluding hydrogens is 546 g/mol. The van der Waals surface area contributed by atoms with Gasteiger partial charge in [-0.3, -0.25) is 9.79 Å². The summed E-state index contributed by atoms with van der Waals surface area (Å²) >= 11 is 0. The largest absolute Gasteiger partial charge is 0.369 e. The highest BCUT2D eigenvalue weighted by Gasteiger charge is 2.16. The summed E-state index contributed by atoms with van der Waals surface area (Å²) in [4.78, 5) is 16.6. The van der Waals surface area contributed by atoms with Gasteiger partial charge in [0.25, 0.3) is 0 Å². The van der Waals surface area contributed by atoms with Crippen molar-refractivity contribution in [3.05, 3.63) is 65.5 Å². The van der Waals surface area contributed by atoms with Gasteiger partial charge in [0.1, 0.15) is 5.82 Å². The van der Waals surface area contributed by atoms with E-state index in [9.17, 15) is 17.6 Å². The van der Waals surface area contributed by atoms with E-state index in [4.69, 9.17) is 5.73 Å². The van der Waals surface area contributed by atoms with E-state index in [0.717, 1.165) is 11.1 Å². The Labute approximate surface area is 206 Å². The molecule has 176 valence electrons. The molecule has 10 heteroatoms. The second kappa shape index (κ2) is 13.4. The zero-order chi connectivity index (χ0) is 22.9. The van der Waals surface area contributed by atoms with E-state index < -0.39 is 21.7 Å². The molecule has 0 aliphatic rings. The van der Waals surface area contributed by atoms with E-state index in [2.05, 4.69) is 15.6 Å². The first kappa shape index (κ1) is 27.8. The molecule has 0 spiro atoms.